The van der Waals surface area contributed by atoms with Crippen LogP contribution >= 0.6 is 0 Å². The number of allylic oxidation sites excluding steroid dienone is 8. The lowest BCUT2D eigenvalue weighted by atomic mass is 9.65. The molecule has 0 aromatic heterocycles. The highest BCUT2D eigenvalue weighted by Crippen LogP contribution is 2.65. The topological polar surface area (TPSA) is 3.24 Å². The van der Waals surface area contributed by atoms with Gasteiger partial charge in [-0.2, -0.15) is 0 Å². The predicted molar refractivity (Wildman–Crippen MR) is 278 cm³/mol. The van der Waals surface area contributed by atoms with Crippen molar-refractivity contribution in [3.05, 3.63) is 243 Å². The van der Waals surface area contributed by atoms with Crippen LogP contribution in [0.5, 0.6) is 0 Å². The van der Waals surface area contributed by atoms with Crippen LogP contribution in [0.3, 0.4) is 0 Å². The zero-order chi connectivity index (χ0) is 45.6. The molecule has 320 valence electrons. The minimum Gasteiger partial charge on any atom is -0.310 e. The molecule has 0 bridgehead atoms. The summed E-state index contributed by atoms with van der Waals surface area (Å²) in [6, 6.07) is 55.7. The summed E-state index contributed by atoms with van der Waals surface area (Å²) in [5, 5.41) is 0. The lowest BCUT2D eigenvalue weighted by molar-refractivity contribution is 0.587. The van der Waals surface area contributed by atoms with Crippen LogP contribution in [0.15, 0.2) is 204 Å². The highest BCUT2D eigenvalue weighted by atomic mass is 15.1. The molecular formula is C66H51N. The van der Waals surface area contributed by atoms with E-state index in [1.54, 1.807) is 0 Å². The third-order valence-electron chi connectivity index (χ3n) is 16.1. The molecule has 7 aromatic rings. The monoisotopic (exact) mass is 857 g/mol. The van der Waals surface area contributed by atoms with Crippen molar-refractivity contribution in [1.82, 2.24) is 0 Å². The van der Waals surface area contributed by atoms with Gasteiger partial charge in [-0.25, -0.2) is 0 Å². The molecule has 7 aromatic carbocycles. The zero-order valence-corrected chi connectivity index (χ0v) is 39.3. The number of hydrogen-bond donors (Lipinski definition) is 0. The van der Waals surface area contributed by atoms with Crippen LogP contribution in [0.4, 0.5) is 17.1 Å². The molecule has 0 saturated carbocycles. The first-order valence-corrected chi connectivity index (χ1v) is 23.9. The molecule has 0 fully saturated rings. The van der Waals surface area contributed by atoms with Crippen molar-refractivity contribution in [3.8, 4) is 56.3 Å². The summed E-state index contributed by atoms with van der Waals surface area (Å²) < 4.78 is 0. The number of rotatable bonds is 4. The van der Waals surface area contributed by atoms with E-state index in [4.69, 9.17) is 0 Å². The standard InChI is InChI=1S/C66H51N/c1-63(2,3)42-30-35-53-54-23-17-22-46(62(54)66(61(53)38-42)57-26-10-8-9-18-49(57)50-21-13-16-27-58(50)66)41-28-31-43(32-29-41)67(44-33-36-51-47-19-11-14-24-55(47)64(4,5)59(51)39-44)45-34-37-52-48-20-12-15-25-56(48)65(6,7)60(52)40-45/h9,11-12,14-15,17-25,27-40H,26H2,1-7H3. The number of anilines is 3. The van der Waals surface area contributed by atoms with Gasteiger partial charge in [0.25, 0.3) is 0 Å². The average molecular weight is 858 g/mol. The summed E-state index contributed by atoms with van der Waals surface area (Å²) >= 11 is 0. The first-order valence-electron chi connectivity index (χ1n) is 23.9. The lowest BCUT2D eigenvalue weighted by Crippen LogP contribution is -2.29. The van der Waals surface area contributed by atoms with Crippen molar-refractivity contribution in [3.63, 3.8) is 0 Å². The molecular weight excluding hydrogens is 807 g/mol. The molecule has 0 amide bonds. The Morgan fingerprint density at radius 2 is 1.04 bits per heavy atom. The molecule has 1 nitrogen and oxygen atoms in total. The highest BCUT2D eigenvalue weighted by molar-refractivity contribution is 5.96. The zero-order valence-electron chi connectivity index (χ0n) is 39.3. The molecule has 13 rings (SSSR count). The number of nitrogens with zero attached hydrogens (tertiary/aromatic N) is 1. The van der Waals surface area contributed by atoms with Crippen LogP contribution in [0.1, 0.15) is 93.8 Å². The Morgan fingerprint density at radius 3 is 1.70 bits per heavy atom. The molecule has 0 N–H and O–H groups in total. The maximum atomic E-state index is 3.55. The molecule has 0 heterocycles. The highest BCUT2D eigenvalue weighted by Gasteiger charge is 2.54. The van der Waals surface area contributed by atoms with E-state index in [0.29, 0.717) is 6.42 Å². The summed E-state index contributed by atoms with van der Waals surface area (Å²) in [7, 11) is 0. The van der Waals surface area contributed by atoms with Crippen molar-refractivity contribution < 1.29 is 0 Å². The van der Waals surface area contributed by atoms with E-state index in [2.05, 4.69) is 240 Å². The molecule has 0 radical (unpaired) electrons. The van der Waals surface area contributed by atoms with E-state index >= 15 is 0 Å². The molecule has 1 spiro atoms. The van der Waals surface area contributed by atoms with Crippen LogP contribution in [0.25, 0.3) is 44.5 Å². The average Bonchev–Trinajstić information content (AvgIpc) is 3.86. The molecule has 0 saturated heterocycles. The van der Waals surface area contributed by atoms with Gasteiger partial charge in [0.15, 0.2) is 0 Å². The second kappa shape index (κ2) is 13.7. The van der Waals surface area contributed by atoms with Crippen LogP contribution in [-0.2, 0) is 21.7 Å². The molecule has 6 aliphatic rings. The van der Waals surface area contributed by atoms with Crippen molar-refractivity contribution in [1.29, 1.82) is 0 Å². The van der Waals surface area contributed by atoms with Crippen molar-refractivity contribution >= 4 is 17.1 Å². The van der Waals surface area contributed by atoms with E-state index in [1.807, 2.05) is 6.08 Å². The first kappa shape index (κ1) is 39.8. The minimum absolute atomic E-state index is 0.0228. The summed E-state index contributed by atoms with van der Waals surface area (Å²) in [5.41, 5.74) is 34.3. The Morgan fingerprint density at radius 1 is 0.493 bits per heavy atom. The Kier molecular flexibility index (Phi) is 8.15. The molecule has 1 heteroatoms. The van der Waals surface area contributed by atoms with Crippen molar-refractivity contribution in [2.24, 2.45) is 0 Å². The fraction of sp³-hybridized carbons (Fsp3) is 0.182. The molecule has 1 unspecified atom stereocenters. The van der Waals surface area contributed by atoms with E-state index in [9.17, 15) is 0 Å². The second-order valence-electron chi connectivity index (χ2n) is 21.3. The quantitative estimate of drug-likeness (QED) is 0.126. The Hall–Kier alpha value is -7.58. The van der Waals surface area contributed by atoms with Crippen molar-refractivity contribution in [2.45, 2.75) is 76.5 Å². The summed E-state index contributed by atoms with van der Waals surface area (Å²) in [5.74, 6) is 6.89. The predicted octanol–water partition coefficient (Wildman–Crippen LogP) is 16.5. The van der Waals surface area contributed by atoms with Gasteiger partial charge in [-0.05, 0) is 172 Å². The molecule has 6 aliphatic carbocycles. The van der Waals surface area contributed by atoms with Gasteiger partial charge < -0.3 is 4.90 Å². The Labute approximate surface area is 395 Å². The van der Waals surface area contributed by atoms with E-state index in [-0.39, 0.29) is 16.2 Å². The fourth-order valence-corrected chi connectivity index (χ4v) is 12.8. The maximum Gasteiger partial charge on any atom is 0.0710 e. The molecule has 1 atom stereocenters. The minimum atomic E-state index is -0.531. The van der Waals surface area contributed by atoms with Gasteiger partial charge in [0.2, 0.25) is 0 Å². The van der Waals surface area contributed by atoms with Gasteiger partial charge in [0.05, 0.1) is 5.41 Å². The van der Waals surface area contributed by atoms with Crippen LogP contribution in [-0.4, -0.2) is 0 Å². The van der Waals surface area contributed by atoms with E-state index in [0.717, 1.165) is 17.1 Å². The van der Waals surface area contributed by atoms with Gasteiger partial charge >= 0.3 is 0 Å². The van der Waals surface area contributed by atoms with E-state index < -0.39 is 5.41 Å². The maximum absolute atomic E-state index is 3.55. The van der Waals surface area contributed by atoms with Gasteiger partial charge in [-0.3, -0.25) is 0 Å². The molecule has 67 heavy (non-hydrogen) atoms. The summed E-state index contributed by atoms with van der Waals surface area (Å²) in [4.78, 5) is 2.48. The normalized spacial score (nSPS) is 18.7. The van der Waals surface area contributed by atoms with Gasteiger partial charge in [0.1, 0.15) is 0 Å². The summed E-state index contributed by atoms with van der Waals surface area (Å²) in [6.45, 7) is 16.5. The number of fused-ring (bicyclic) bond motifs is 14. The Balaban J connectivity index is 1.00. The first-order chi connectivity index (χ1) is 32.4. The number of hydrogen-bond acceptors (Lipinski definition) is 1. The van der Waals surface area contributed by atoms with Gasteiger partial charge in [-0.15, -0.1) is 0 Å². The Bertz CT molecular complexity index is 3550. The fourth-order valence-electron chi connectivity index (χ4n) is 12.8. The molecule has 0 aliphatic heterocycles. The largest absolute Gasteiger partial charge is 0.310 e. The lowest BCUT2D eigenvalue weighted by Gasteiger charge is -2.35. The van der Waals surface area contributed by atoms with Crippen LogP contribution in [0.2, 0.25) is 0 Å². The van der Waals surface area contributed by atoms with E-state index in [1.165, 1.54) is 106 Å². The smallest absolute Gasteiger partial charge is 0.0710 e. The van der Waals surface area contributed by atoms with Crippen molar-refractivity contribution in [2.75, 3.05) is 4.90 Å². The summed E-state index contributed by atoms with van der Waals surface area (Å²) in [6.07, 6.45) is 9.30. The van der Waals surface area contributed by atoms with Gasteiger partial charge in [-0.1, -0.05) is 181 Å². The van der Waals surface area contributed by atoms with Gasteiger partial charge in [0, 0.05) is 34.3 Å². The SMILES string of the molecule is CC(C)(C)c1ccc2c(c1)C1(C3=C(C=C=C=C3)C3=C1CC#CC=C3)c1c(-c3ccc(N(c4ccc5c(c4)C(C)(C)c4ccccc4-5)c4ccc5c(c4)C(C)(C)c4ccccc4-5)cc3)cccc1-2. The van der Waals surface area contributed by atoms with Crippen LogP contribution in [0, 0.1) is 11.8 Å². The third kappa shape index (κ3) is 5.35. The number of benzene rings is 7. The third-order valence-corrected chi connectivity index (χ3v) is 16.1. The second-order valence-corrected chi connectivity index (χ2v) is 21.3. The van der Waals surface area contributed by atoms with Crippen LogP contribution < -0.4 is 4.90 Å².